The minimum Gasteiger partial charge on any atom is -0.340 e. The molecule has 5 heteroatoms. The summed E-state index contributed by atoms with van der Waals surface area (Å²) in [6.45, 7) is 2.57. The smallest absolute Gasteiger partial charge is 0.223 e. The van der Waals surface area contributed by atoms with Gasteiger partial charge in [-0.2, -0.15) is 10.2 Å². The zero-order valence-electron chi connectivity index (χ0n) is 13.5. The number of nitriles is 1. The maximum absolute atomic E-state index is 8.89. The molecule has 1 aliphatic rings. The van der Waals surface area contributed by atoms with Crippen LogP contribution >= 0.6 is 0 Å². The third-order valence-electron chi connectivity index (χ3n) is 4.63. The Morgan fingerprint density at radius 1 is 1.17 bits per heavy atom. The molecule has 0 saturated heterocycles. The molecule has 0 bridgehead atoms. The van der Waals surface area contributed by atoms with Gasteiger partial charge in [0, 0.05) is 13.5 Å². The first kappa shape index (κ1) is 15.7. The highest BCUT2D eigenvalue weighted by Crippen LogP contribution is 2.34. The van der Waals surface area contributed by atoms with Crippen molar-refractivity contribution in [3.05, 3.63) is 47.1 Å². The third kappa shape index (κ3) is 3.59. The number of hydrogen-bond acceptors (Lipinski definition) is 5. The van der Waals surface area contributed by atoms with E-state index in [0.717, 1.165) is 30.8 Å². The van der Waals surface area contributed by atoms with Gasteiger partial charge in [-0.25, -0.2) is 0 Å². The van der Waals surface area contributed by atoms with Crippen LogP contribution in [0, 0.1) is 18.3 Å². The van der Waals surface area contributed by atoms with Crippen LogP contribution in [-0.2, 0) is 12.1 Å². The molecule has 2 aromatic rings. The van der Waals surface area contributed by atoms with Crippen molar-refractivity contribution in [2.75, 3.05) is 0 Å². The number of aromatic nitrogens is 2. The average molecular weight is 310 g/mol. The van der Waals surface area contributed by atoms with Crippen molar-refractivity contribution in [1.29, 1.82) is 5.26 Å². The van der Waals surface area contributed by atoms with Crippen molar-refractivity contribution in [2.24, 2.45) is 0 Å². The molecule has 1 saturated carbocycles. The minimum atomic E-state index is -0.206. The Kier molecular flexibility index (Phi) is 4.73. The van der Waals surface area contributed by atoms with E-state index in [1.54, 1.807) is 0 Å². The van der Waals surface area contributed by atoms with Gasteiger partial charge in [0.1, 0.15) is 0 Å². The molecule has 0 atom stereocenters. The highest BCUT2D eigenvalue weighted by atomic mass is 16.5. The molecule has 1 aromatic carbocycles. The van der Waals surface area contributed by atoms with E-state index in [-0.39, 0.29) is 5.54 Å². The molecule has 0 aliphatic heterocycles. The molecule has 23 heavy (non-hydrogen) atoms. The molecule has 5 nitrogen and oxygen atoms in total. The summed E-state index contributed by atoms with van der Waals surface area (Å²) in [5.41, 5.74) is 1.64. The molecule has 1 fully saturated rings. The molecule has 1 N–H and O–H groups in total. The van der Waals surface area contributed by atoms with Crippen molar-refractivity contribution in [1.82, 2.24) is 15.5 Å². The van der Waals surface area contributed by atoms with Crippen molar-refractivity contribution in [3.63, 3.8) is 0 Å². The number of aryl methyl sites for hydroxylation is 1. The van der Waals surface area contributed by atoms with E-state index in [9.17, 15) is 0 Å². The lowest BCUT2D eigenvalue weighted by molar-refractivity contribution is 0.258. The Bertz CT molecular complexity index is 676. The lowest BCUT2D eigenvalue weighted by atomic mass is 9.89. The minimum absolute atomic E-state index is 0.206. The van der Waals surface area contributed by atoms with E-state index < -0.39 is 0 Å². The SMILES string of the molecule is Cc1nc(C2(NCc3ccc(C#N)cc3)CCCCCC2)no1. The van der Waals surface area contributed by atoms with Gasteiger partial charge >= 0.3 is 0 Å². The quantitative estimate of drug-likeness (QED) is 0.873. The molecule has 1 aromatic heterocycles. The van der Waals surface area contributed by atoms with Crippen LogP contribution in [0.25, 0.3) is 0 Å². The van der Waals surface area contributed by atoms with Crippen molar-refractivity contribution < 1.29 is 4.52 Å². The Labute approximate surface area is 136 Å². The second-order valence-corrected chi connectivity index (χ2v) is 6.30. The lowest BCUT2D eigenvalue weighted by Crippen LogP contribution is -2.42. The van der Waals surface area contributed by atoms with Crippen molar-refractivity contribution in [3.8, 4) is 6.07 Å². The first-order valence-electron chi connectivity index (χ1n) is 8.27. The summed E-state index contributed by atoms with van der Waals surface area (Å²) in [7, 11) is 0. The first-order valence-corrected chi connectivity index (χ1v) is 8.27. The summed E-state index contributed by atoms with van der Waals surface area (Å²) in [5, 5.41) is 16.8. The van der Waals surface area contributed by atoms with E-state index in [0.29, 0.717) is 11.5 Å². The van der Waals surface area contributed by atoms with E-state index in [4.69, 9.17) is 9.78 Å². The predicted octanol–water partition coefficient (Wildman–Crippen LogP) is 3.59. The van der Waals surface area contributed by atoms with Gasteiger partial charge in [-0.05, 0) is 30.5 Å². The van der Waals surface area contributed by atoms with Gasteiger partial charge in [-0.1, -0.05) is 43.0 Å². The molecule has 0 radical (unpaired) electrons. The molecule has 0 amide bonds. The zero-order chi connectivity index (χ0) is 16.1. The monoisotopic (exact) mass is 310 g/mol. The second kappa shape index (κ2) is 6.93. The van der Waals surface area contributed by atoms with Crippen LogP contribution in [0.5, 0.6) is 0 Å². The van der Waals surface area contributed by atoms with Crippen LogP contribution in [0.4, 0.5) is 0 Å². The number of hydrogen-bond donors (Lipinski definition) is 1. The normalized spacial score (nSPS) is 17.4. The lowest BCUT2D eigenvalue weighted by Gasteiger charge is -2.31. The van der Waals surface area contributed by atoms with E-state index >= 15 is 0 Å². The van der Waals surface area contributed by atoms with Gasteiger partial charge in [0.15, 0.2) is 5.82 Å². The van der Waals surface area contributed by atoms with Crippen LogP contribution in [0.3, 0.4) is 0 Å². The summed E-state index contributed by atoms with van der Waals surface area (Å²) >= 11 is 0. The standard InChI is InChI=1S/C18H22N4O/c1-14-21-17(22-23-14)18(10-4-2-3-5-11-18)20-13-16-8-6-15(12-19)7-9-16/h6-9,20H,2-5,10-11,13H2,1H3. The van der Waals surface area contributed by atoms with Gasteiger partial charge in [0.2, 0.25) is 5.89 Å². The average Bonchev–Trinajstić information content (AvgIpc) is 2.88. The molecule has 1 aliphatic carbocycles. The summed E-state index contributed by atoms with van der Waals surface area (Å²) in [5.74, 6) is 1.40. The fourth-order valence-corrected chi connectivity index (χ4v) is 3.27. The molecular weight excluding hydrogens is 288 g/mol. The fraction of sp³-hybridized carbons (Fsp3) is 0.500. The molecule has 1 heterocycles. The second-order valence-electron chi connectivity index (χ2n) is 6.30. The fourth-order valence-electron chi connectivity index (χ4n) is 3.27. The number of nitrogens with one attached hydrogen (secondary N) is 1. The van der Waals surface area contributed by atoms with Crippen LogP contribution in [-0.4, -0.2) is 10.1 Å². The van der Waals surface area contributed by atoms with E-state index in [2.05, 4.69) is 21.5 Å². The predicted molar refractivity (Wildman–Crippen MR) is 86.4 cm³/mol. The van der Waals surface area contributed by atoms with Crippen LogP contribution in [0.1, 0.15) is 61.4 Å². The molecule has 0 spiro atoms. The maximum atomic E-state index is 8.89. The van der Waals surface area contributed by atoms with E-state index in [1.807, 2.05) is 31.2 Å². The van der Waals surface area contributed by atoms with Crippen LogP contribution < -0.4 is 5.32 Å². The Balaban J connectivity index is 1.79. The van der Waals surface area contributed by atoms with Gasteiger partial charge < -0.3 is 9.84 Å². The molecule has 120 valence electrons. The molecular formula is C18H22N4O. The Morgan fingerprint density at radius 3 is 2.43 bits per heavy atom. The number of rotatable bonds is 4. The highest BCUT2D eigenvalue weighted by Gasteiger charge is 2.36. The van der Waals surface area contributed by atoms with Crippen LogP contribution in [0.15, 0.2) is 28.8 Å². The van der Waals surface area contributed by atoms with Crippen molar-refractivity contribution in [2.45, 2.75) is 57.5 Å². The highest BCUT2D eigenvalue weighted by molar-refractivity contribution is 5.31. The summed E-state index contributed by atoms with van der Waals surface area (Å²) < 4.78 is 5.23. The summed E-state index contributed by atoms with van der Waals surface area (Å²) in [6.07, 6.45) is 6.93. The Hall–Kier alpha value is -2.19. The summed E-state index contributed by atoms with van der Waals surface area (Å²) in [4.78, 5) is 4.50. The van der Waals surface area contributed by atoms with Gasteiger partial charge in [-0.15, -0.1) is 0 Å². The van der Waals surface area contributed by atoms with Crippen LogP contribution in [0.2, 0.25) is 0 Å². The molecule has 3 rings (SSSR count). The van der Waals surface area contributed by atoms with Crippen molar-refractivity contribution >= 4 is 0 Å². The maximum Gasteiger partial charge on any atom is 0.223 e. The van der Waals surface area contributed by atoms with E-state index in [1.165, 1.54) is 25.7 Å². The largest absolute Gasteiger partial charge is 0.340 e. The Morgan fingerprint density at radius 2 is 1.87 bits per heavy atom. The number of benzene rings is 1. The number of nitrogens with zero attached hydrogens (tertiary/aromatic N) is 3. The summed E-state index contributed by atoms with van der Waals surface area (Å²) in [6, 6.07) is 9.86. The van der Waals surface area contributed by atoms with Gasteiger partial charge in [-0.3, -0.25) is 0 Å². The van der Waals surface area contributed by atoms with Gasteiger partial charge in [0.05, 0.1) is 17.2 Å². The third-order valence-corrected chi connectivity index (χ3v) is 4.63. The first-order chi connectivity index (χ1) is 11.2. The van der Waals surface area contributed by atoms with Gasteiger partial charge in [0.25, 0.3) is 0 Å². The zero-order valence-corrected chi connectivity index (χ0v) is 13.5. The topological polar surface area (TPSA) is 74.7 Å². The molecule has 0 unspecified atom stereocenters.